The van der Waals surface area contributed by atoms with Crippen molar-refractivity contribution in [1.82, 2.24) is 19.6 Å². The fraction of sp³-hybridized carbons (Fsp3) is 0.333. The van der Waals surface area contributed by atoms with Crippen molar-refractivity contribution in [3.8, 4) is 0 Å². The molecule has 0 unspecified atom stereocenters. The van der Waals surface area contributed by atoms with E-state index in [2.05, 4.69) is 14.7 Å². The Morgan fingerprint density at radius 1 is 1.00 bits per heavy atom. The quantitative estimate of drug-likeness (QED) is 0.538. The number of carbonyl (C=O) groups excluding carboxylic acids is 2. The number of imide groups is 1. The first-order valence-corrected chi connectivity index (χ1v) is 12.5. The van der Waals surface area contributed by atoms with E-state index in [-0.39, 0.29) is 23.3 Å². The number of aromatic nitrogens is 2. The van der Waals surface area contributed by atoms with Crippen LogP contribution in [0.3, 0.4) is 0 Å². The molecular weight excluding hydrogens is 440 g/mol. The molecule has 3 heterocycles. The third-order valence-corrected chi connectivity index (χ3v) is 7.93. The summed E-state index contributed by atoms with van der Waals surface area (Å²) >= 11 is 0. The molecule has 1 aliphatic heterocycles. The van der Waals surface area contributed by atoms with Crippen molar-refractivity contribution in [2.24, 2.45) is 5.92 Å². The van der Waals surface area contributed by atoms with Crippen LogP contribution in [-0.2, 0) is 26.0 Å². The zero-order valence-corrected chi connectivity index (χ0v) is 18.7. The van der Waals surface area contributed by atoms with Gasteiger partial charge in [0.05, 0.1) is 11.3 Å². The molecule has 170 valence electrons. The number of fused-ring (bicyclic) bond motifs is 1. The monoisotopic (exact) mass is 464 g/mol. The second kappa shape index (κ2) is 8.64. The largest absolute Gasteiger partial charge is 0.278 e. The summed E-state index contributed by atoms with van der Waals surface area (Å²) in [6.07, 6.45) is 4.79. The predicted octanol–water partition coefficient (Wildman–Crippen LogP) is 2.45. The van der Waals surface area contributed by atoms with Crippen LogP contribution in [0.4, 0.5) is 0 Å². The Morgan fingerprint density at radius 2 is 1.79 bits per heavy atom. The fourth-order valence-electron chi connectivity index (χ4n) is 4.61. The summed E-state index contributed by atoms with van der Waals surface area (Å²) in [4.78, 5) is 35.6. The van der Waals surface area contributed by atoms with Crippen molar-refractivity contribution < 1.29 is 18.0 Å². The van der Waals surface area contributed by atoms with Crippen molar-refractivity contribution in [2.75, 3.05) is 0 Å². The van der Waals surface area contributed by atoms with Crippen molar-refractivity contribution in [1.29, 1.82) is 0 Å². The highest BCUT2D eigenvalue weighted by Crippen LogP contribution is 2.37. The van der Waals surface area contributed by atoms with E-state index in [4.69, 9.17) is 0 Å². The summed E-state index contributed by atoms with van der Waals surface area (Å²) in [6.45, 7) is 0. The van der Waals surface area contributed by atoms with Gasteiger partial charge in [0.1, 0.15) is 6.04 Å². The molecule has 1 saturated heterocycles. The van der Waals surface area contributed by atoms with Gasteiger partial charge in [0.25, 0.3) is 0 Å². The average molecular weight is 465 g/mol. The molecule has 2 fully saturated rings. The zero-order chi connectivity index (χ0) is 23.0. The van der Waals surface area contributed by atoms with Crippen LogP contribution in [-0.4, -0.2) is 47.2 Å². The summed E-state index contributed by atoms with van der Waals surface area (Å²) in [7, 11) is -3.87. The van der Waals surface area contributed by atoms with Crippen molar-refractivity contribution in [2.45, 2.75) is 49.1 Å². The summed E-state index contributed by atoms with van der Waals surface area (Å²) < 4.78 is 27.5. The molecular formula is C24H24N4O4S. The van der Waals surface area contributed by atoms with Crippen LogP contribution in [0, 0.1) is 5.92 Å². The molecule has 1 atom stereocenters. The molecule has 5 rings (SSSR count). The minimum Gasteiger partial charge on any atom is -0.278 e. The number of rotatable bonds is 7. The maximum absolute atomic E-state index is 12.8. The van der Waals surface area contributed by atoms with Crippen LogP contribution in [0.25, 0.3) is 11.0 Å². The number of amides is 2. The van der Waals surface area contributed by atoms with Gasteiger partial charge in [-0.05, 0) is 68.0 Å². The van der Waals surface area contributed by atoms with Gasteiger partial charge >= 0.3 is 0 Å². The normalized spacial score (nSPS) is 23.2. The third kappa shape index (κ3) is 4.38. The van der Waals surface area contributed by atoms with E-state index in [1.54, 1.807) is 24.4 Å². The van der Waals surface area contributed by atoms with Gasteiger partial charge in [0.15, 0.2) is 5.65 Å². The van der Waals surface area contributed by atoms with Crippen LogP contribution >= 0.6 is 0 Å². The second-order valence-electron chi connectivity index (χ2n) is 8.68. The molecule has 1 saturated carbocycles. The number of hydrogen-bond donors (Lipinski definition) is 1. The number of likely N-dealkylation sites (tertiary alicyclic amines) is 1. The lowest BCUT2D eigenvalue weighted by Gasteiger charge is -2.40. The predicted molar refractivity (Wildman–Crippen MR) is 121 cm³/mol. The van der Waals surface area contributed by atoms with E-state index < -0.39 is 22.0 Å². The standard InChI is InChI=1S/C24H24N4O4S/c29-22-15-21(27-33(31,32)20-6-2-1-3-7-20)24(30)28(22)19-13-16(14-19)8-10-18-11-9-17-5-4-12-25-23(17)26-18/h1-7,9,11-12,16,19,21,27H,8,10,13-15H2/t16?,19?,21-/m0/s1. The molecule has 1 N–H and O–H groups in total. The number of pyridine rings is 2. The zero-order valence-electron chi connectivity index (χ0n) is 17.9. The first-order chi connectivity index (χ1) is 15.9. The van der Waals surface area contributed by atoms with Crippen molar-refractivity contribution >= 4 is 32.9 Å². The number of carbonyl (C=O) groups is 2. The highest BCUT2D eigenvalue weighted by molar-refractivity contribution is 7.89. The molecule has 33 heavy (non-hydrogen) atoms. The highest BCUT2D eigenvalue weighted by atomic mass is 32.2. The number of nitrogens with one attached hydrogen (secondary N) is 1. The third-order valence-electron chi connectivity index (χ3n) is 6.44. The SMILES string of the molecule is O=C1C[C@H](NS(=O)(=O)c2ccccc2)C(=O)N1C1CC(CCc2ccc3cccnc3n2)C1. The Kier molecular flexibility index (Phi) is 5.67. The minimum atomic E-state index is -3.87. The maximum Gasteiger partial charge on any atom is 0.248 e. The van der Waals surface area contributed by atoms with E-state index in [9.17, 15) is 18.0 Å². The number of nitrogens with zero attached hydrogens (tertiary/aromatic N) is 3. The lowest BCUT2D eigenvalue weighted by molar-refractivity contribution is -0.144. The number of sulfonamides is 1. The van der Waals surface area contributed by atoms with Gasteiger partial charge in [-0.15, -0.1) is 0 Å². The summed E-state index contributed by atoms with van der Waals surface area (Å²) in [5.74, 6) is -0.367. The van der Waals surface area contributed by atoms with Crippen LogP contribution in [0.5, 0.6) is 0 Å². The molecule has 9 heteroatoms. The Hall–Kier alpha value is -3.17. The minimum absolute atomic E-state index is 0.0740. The number of aryl methyl sites for hydroxylation is 1. The van der Waals surface area contributed by atoms with Gasteiger partial charge in [-0.25, -0.2) is 18.4 Å². The Morgan fingerprint density at radius 3 is 2.58 bits per heavy atom. The summed E-state index contributed by atoms with van der Waals surface area (Å²) in [5, 5.41) is 1.01. The van der Waals surface area contributed by atoms with Gasteiger partial charge in [0.2, 0.25) is 21.8 Å². The first-order valence-electron chi connectivity index (χ1n) is 11.0. The summed E-state index contributed by atoms with van der Waals surface area (Å²) in [5.41, 5.74) is 1.71. The lowest BCUT2D eigenvalue weighted by Crippen LogP contribution is -2.50. The second-order valence-corrected chi connectivity index (χ2v) is 10.4. The van der Waals surface area contributed by atoms with Crippen molar-refractivity contribution in [3.63, 3.8) is 0 Å². The van der Waals surface area contributed by atoms with Gasteiger partial charge in [-0.3, -0.25) is 14.5 Å². The molecule has 0 bridgehead atoms. The van der Waals surface area contributed by atoms with Crippen molar-refractivity contribution in [3.05, 3.63) is 66.5 Å². The van der Waals surface area contributed by atoms with E-state index in [0.717, 1.165) is 42.4 Å². The Balaban J connectivity index is 1.16. The molecule has 0 spiro atoms. The van der Waals surface area contributed by atoms with E-state index in [0.29, 0.717) is 5.92 Å². The average Bonchev–Trinajstić information content (AvgIpc) is 3.05. The lowest BCUT2D eigenvalue weighted by atomic mass is 9.76. The van der Waals surface area contributed by atoms with Crippen LogP contribution in [0.2, 0.25) is 0 Å². The Bertz CT molecular complexity index is 1310. The summed E-state index contributed by atoms with van der Waals surface area (Å²) in [6, 6.07) is 14.5. The van der Waals surface area contributed by atoms with Crippen LogP contribution in [0.1, 0.15) is 31.4 Å². The number of hydrogen-bond acceptors (Lipinski definition) is 6. The number of benzene rings is 1. The first kappa shape index (κ1) is 21.7. The van der Waals surface area contributed by atoms with E-state index in [1.807, 2.05) is 24.3 Å². The highest BCUT2D eigenvalue weighted by Gasteiger charge is 2.47. The molecule has 1 aliphatic carbocycles. The van der Waals surface area contributed by atoms with Gasteiger partial charge in [-0.1, -0.05) is 18.2 Å². The molecule has 3 aromatic rings. The molecule has 1 aromatic carbocycles. The van der Waals surface area contributed by atoms with E-state index >= 15 is 0 Å². The van der Waals surface area contributed by atoms with Gasteiger partial charge in [0, 0.05) is 23.3 Å². The van der Waals surface area contributed by atoms with Crippen LogP contribution in [0.15, 0.2) is 65.7 Å². The topological polar surface area (TPSA) is 109 Å². The van der Waals surface area contributed by atoms with Crippen LogP contribution < -0.4 is 4.72 Å². The van der Waals surface area contributed by atoms with Gasteiger partial charge in [-0.2, -0.15) is 4.72 Å². The maximum atomic E-state index is 12.8. The molecule has 0 radical (unpaired) electrons. The molecule has 2 aromatic heterocycles. The smallest absolute Gasteiger partial charge is 0.248 e. The molecule has 2 aliphatic rings. The Labute approximate surface area is 192 Å². The molecule has 2 amide bonds. The van der Waals surface area contributed by atoms with E-state index in [1.165, 1.54) is 17.0 Å². The fourth-order valence-corrected chi connectivity index (χ4v) is 5.82. The van der Waals surface area contributed by atoms with Gasteiger partial charge < -0.3 is 0 Å². The molecule has 8 nitrogen and oxygen atoms in total.